The van der Waals surface area contributed by atoms with E-state index >= 15 is 4.39 Å². The fraction of sp³-hybridized carbons (Fsp3) is 0.233. The molecule has 0 spiro atoms. The molecule has 0 saturated carbocycles. The third-order valence-electron chi connectivity index (χ3n) is 6.96. The molecule has 12 heteroatoms. The van der Waals surface area contributed by atoms with Crippen molar-refractivity contribution in [2.45, 2.75) is 18.8 Å². The number of nitrogens with zero attached hydrogens (tertiary/aromatic N) is 3. The average molecular weight is 582 g/mol. The molecule has 1 atom stereocenters. The predicted octanol–water partition coefficient (Wildman–Crippen LogP) is 5.29. The number of halogens is 4. The number of hydrogen-bond acceptors (Lipinski definition) is 6. The zero-order valence-corrected chi connectivity index (χ0v) is 22.5. The Morgan fingerprint density at radius 1 is 1.05 bits per heavy atom. The average Bonchev–Trinajstić information content (AvgIpc) is 3.00. The first-order valence-electron chi connectivity index (χ1n) is 13.1. The number of alkyl halides is 3. The lowest BCUT2D eigenvalue weighted by Crippen LogP contribution is -2.56. The van der Waals surface area contributed by atoms with E-state index in [2.05, 4.69) is 15.7 Å². The van der Waals surface area contributed by atoms with Gasteiger partial charge in [0, 0.05) is 42.7 Å². The molecule has 1 aliphatic heterocycles. The van der Waals surface area contributed by atoms with Crippen molar-refractivity contribution in [2.75, 3.05) is 31.8 Å². The molecule has 8 nitrogen and oxygen atoms in total. The number of rotatable bonds is 5. The van der Waals surface area contributed by atoms with Crippen molar-refractivity contribution >= 4 is 28.6 Å². The first-order valence-corrected chi connectivity index (χ1v) is 13.1. The Labute approximate surface area is 238 Å². The number of carbonyl (C=O) groups is 2. The minimum atomic E-state index is -4.48. The van der Waals surface area contributed by atoms with E-state index in [0.717, 1.165) is 12.1 Å². The zero-order valence-electron chi connectivity index (χ0n) is 22.5. The summed E-state index contributed by atoms with van der Waals surface area (Å²) in [5, 5.41) is 3.24. The largest absolute Gasteiger partial charge is 0.451 e. The summed E-state index contributed by atoms with van der Waals surface area (Å²) >= 11 is 0. The van der Waals surface area contributed by atoms with Crippen molar-refractivity contribution in [3.8, 4) is 11.3 Å². The van der Waals surface area contributed by atoms with Gasteiger partial charge >= 0.3 is 12.3 Å². The van der Waals surface area contributed by atoms with E-state index in [-0.39, 0.29) is 53.9 Å². The second kappa shape index (κ2) is 12.1. The molecule has 4 aromatic rings. The molecule has 1 aromatic heterocycles. The van der Waals surface area contributed by atoms with E-state index < -0.39 is 30.0 Å². The summed E-state index contributed by atoms with van der Waals surface area (Å²) < 4.78 is 61.2. The van der Waals surface area contributed by atoms with E-state index in [1.807, 2.05) is 0 Å². The van der Waals surface area contributed by atoms with Crippen LogP contribution in [-0.2, 0) is 11.3 Å². The highest BCUT2D eigenvalue weighted by molar-refractivity contribution is 6.11. The third kappa shape index (κ3) is 6.04. The summed E-state index contributed by atoms with van der Waals surface area (Å²) in [5.74, 6) is -1.61. The number of benzene rings is 3. The smallest absolute Gasteiger partial charge is 0.433 e. The lowest BCUT2D eigenvalue weighted by atomic mass is 9.95. The number of anilines is 1. The quantitative estimate of drug-likeness (QED) is 0.246. The summed E-state index contributed by atoms with van der Waals surface area (Å²) in [6.45, 7) is -0.212. The Kier molecular flexibility index (Phi) is 8.36. The Morgan fingerprint density at radius 3 is 2.40 bits per heavy atom. The van der Waals surface area contributed by atoms with E-state index in [4.69, 9.17) is 4.74 Å². The van der Waals surface area contributed by atoms with Gasteiger partial charge < -0.3 is 10.1 Å². The first kappa shape index (κ1) is 29.0. The van der Waals surface area contributed by atoms with Gasteiger partial charge in [0.2, 0.25) is 0 Å². The van der Waals surface area contributed by atoms with E-state index in [9.17, 15) is 22.8 Å². The van der Waals surface area contributed by atoms with Crippen molar-refractivity contribution in [1.82, 2.24) is 20.6 Å². The van der Waals surface area contributed by atoms with Crippen LogP contribution in [0.1, 0.15) is 15.9 Å². The van der Waals surface area contributed by atoms with Crippen LogP contribution in [0.15, 0.2) is 78.9 Å². The van der Waals surface area contributed by atoms with Crippen LogP contribution >= 0.6 is 0 Å². The summed E-state index contributed by atoms with van der Waals surface area (Å²) in [7, 11) is 1.15. The van der Waals surface area contributed by atoms with E-state index in [0.29, 0.717) is 11.3 Å². The molecule has 1 saturated heterocycles. The summed E-state index contributed by atoms with van der Waals surface area (Å²) in [5.41, 5.74) is 3.93. The van der Waals surface area contributed by atoms with Crippen molar-refractivity contribution in [2.24, 2.45) is 0 Å². The molecule has 0 radical (unpaired) electrons. The van der Waals surface area contributed by atoms with E-state index in [1.165, 1.54) is 12.1 Å². The molecule has 42 heavy (non-hydrogen) atoms. The van der Waals surface area contributed by atoms with Crippen LogP contribution in [0.5, 0.6) is 0 Å². The lowest BCUT2D eigenvalue weighted by molar-refractivity contribution is -0.165. The van der Waals surface area contributed by atoms with Crippen molar-refractivity contribution in [1.29, 1.82) is 0 Å². The molecule has 5 rings (SSSR count). The lowest BCUT2D eigenvalue weighted by Gasteiger charge is -2.35. The van der Waals surface area contributed by atoms with Gasteiger partial charge in [0.05, 0.1) is 29.6 Å². The number of piperazine rings is 1. The maximum Gasteiger partial charge on any atom is 0.433 e. The van der Waals surface area contributed by atoms with Gasteiger partial charge in [0.1, 0.15) is 11.9 Å². The number of aromatic nitrogens is 1. The molecule has 1 aliphatic rings. The van der Waals surface area contributed by atoms with Crippen LogP contribution in [0.2, 0.25) is 0 Å². The number of hydrazine groups is 1. The van der Waals surface area contributed by atoms with Gasteiger partial charge in [-0.05, 0) is 24.3 Å². The Balaban J connectivity index is 1.68. The Morgan fingerprint density at radius 2 is 1.74 bits per heavy atom. The summed E-state index contributed by atoms with van der Waals surface area (Å²) in [4.78, 5) is 33.1. The SMILES string of the molecule is COC(=O)N(NC(=O)c1c(CN2CCNC(C(F)(F)F)C2)c(-c2ccccc2)nc2cccc(F)c12)c1ccccc1. The molecule has 1 unspecified atom stereocenters. The Bertz CT molecular complexity index is 1590. The number of amides is 2. The molecule has 2 N–H and O–H groups in total. The van der Waals surface area contributed by atoms with Crippen molar-refractivity contribution in [3.05, 3.63) is 95.8 Å². The maximum atomic E-state index is 15.5. The molecule has 218 valence electrons. The van der Waals surface area contributed by atoms with Crippen LogP contribution in [0.4, 0.5) is 28.0 Å². The minimum absolute atomic E-state index is 0.0614. The third-order valence-corrected chi connectivity index (χ3v) is 6.96. The molecule has 0 bridgehead atoms. The van der Waals surface area contributed by atoms with Gasteiger partial charge in [0.25, 0.3) is 5.91 Å². The van der Waals surface area contributed by atoms with Crippen LogP contribution in [0, 0.1) is 5.82 Å². The number of pyridine rings is 1. The van der Waals surface area contributed by atoms with Gasteiger partial charge in [-0.25, -0.2) is 14.2 Å². The predicted molar refractivity (Wildman–Crippen MR) is 149 cm³/mol. The van der Waals surface area contributed by atoms with Crippen LogP contribution in [-0.4, -0.2) is 60.8 Å². The van der Waals surface area contributed by atoms with E-state index in [1.54, 1.807) is 71.6 Å². The normalized spacial score (nSPS) is 15.8. The topological polar surface area (TPSA) is 86.8 Å². The molecule has 0 aliphatic carbocycles. The van der Waals surface area contributed by atoms with Gasteiger partial charge in [-0.15, -0.1) is 0 Å². The first-order chi connectivity index (χ1) is 20.2. The number of methoxy groups -OCH3 is 1. The highest BCUT2D eigenvalue weighted by Gasteiger charge is 2.42. The number of para-hydroxylation sites is 1. The second-order valence-corrected chi connectivity index (χ2v) is 9.68. The van der Waals surface area contributed by atoms with Gasteiger partial charge in [-0.1, -0.05) is 54.6 Å². The monoisotopic (exact) mass is 581 g/mol. The fourth-order valence-electron chi connectivity index (χ4n) is 4.99. The molecule has 3 aromatic carbocycles. The number of carbonyl (C=O) groups excluding carboxylic acids is 2. The Hall–Kier alpha value is -4.55. The fourth-order valence-corrected chi connectivity index (χ4v) is 4.99. The molecule has 2 heterocycles. The summed E-state index contributed by atoms with van der Waals surface area (Å²) in [6.07, 6.45) is -5.39. The molecular weight excluding hydrogens is 554 g/mol. The molecular formula is C30H27F4N5O3. The minimum Gasteiger partial charge on any atom is -0.451 e. The highest BCUT2D eigenvalue weighted by Crippen LogP contribution is 2.34. The van der Waals surface area contributed by atoms with Crippen LogP contribution in [0.25, 0.3) is 22.2 Å². The maximum absolute atomic E-state index is 15.5. The number of nitrogens with one attached hydrogen (secondary N) is 2. The van der Waals surface area contributed by atoms with Gasteiger partial charge in [0.15, 0.2) is 0 Å². The zero-order chi connectivity index (χ0) is 29.9. The number of fused-ring (bicyclic) bond motifs is 1. The van der Waals surface area contributed by atoms with Crippen LogP contribution < -0.4 is 15.8 Å². The highest BCUT2D eigenvalue weighted by atomic mass is 19.4. The number of hydrogen-bond donors (Lipinski definition) is 2. The van der Waals surface area contributed by atoms with Gasteiger partial charge in [-0.3, -0.25) is 15.1 Å². The molecule has 1 fully saturated rings. The van der Waals surface area contributed by atoms with Gasteiger partial charge in [-0.2, -0.15) is 18.2 Å². The standard InChI is InChI=1S/C30H27F4N5O3/c1-42-29(41)39(20-11-6-3-7-12-20)37-28(40)25-21(17-38-16-15-35-24(18-38)30(32,33)34)27(19-9-4-2-5-10-19)36-23-14-8-13-22(31)26(23)25/h2-14,24,35H,15-18H2,1H3,(H,37,40). The molecule has 2 amide bonds. The van der Waals surface area contributed by atoms with Crippen molar-refractivity contribution in [3.63, 3.8) is 0 Å². The van der Waals surface area contributed by atoms with Crippen molar-refractivity contribution < 1.29 is 31.9 Å². The summed E-state index contributed by atoms with van der Waals surface area (Å²) in [6, 6.07) is 19.4. The van der Waals surface area contributed by atoms with Crippen LogP contribution in [0.3, 0.4) is 0 Å². The number of ether oxygens (including phenoxy) is 1. The second-order valence-electron chi connectivity index (χ2n) is 9.68.